The molecule has 0 fully saturated rings. The molecule has 0 saturated carbocycles. The maximum absolute atomic E-state index is 11.6. The second-order valence-electron chi connectivity index (χ2n) is 4.92. The number of hydrogen-bond acceptors (Lipinski definition) is 2. The normalized spacial score (nSPS) is 13.2. The highest BCUT2D eigenvalue weighted by molar-refractivity contribution is 6.30. The summed E-state index contributed by atoms with van der Waals surface area (Å²) >= 11 is 5.97. The van der Waals surface area contributed by atoms with Crippen LogP contribution in [-0.2, 0) is 13.0 Å². The van der Waals surface area contributed by atoms with Crippen LogP contribution in [0.5, 0.6) is 0 Å². The van der Waals surface area contributed by atoms with Gasteiger partial charge < -0.3 is 14.8 Å². The minimum absolute atomic E-state index is 0.102. The number of nitrogens with zero attached hydrogens (tertiary/aromatic N) is 1. The molecular weight excluding hydrogens is 294 g/mol. The molecule has 0 amide bonds. The van der Waals surface area contributed by atoms with Crippen LogP contribution in [0.2, 0.25) is 5.02 Å². The average Bonchev–Trinajstić information content (AvgIpc) is 2.96. The van der Waals surface area contributed by atoms with E-state index in [9.17, 15) is 19.8 Å². The molecule has 6 heteroatoms. The predicted molar refractivity (Wildman–Crippen MR) is 77.1 cm³/mol. The number of aromatic nitrogens is 1. The molecule has 5 nitrogen and oxygen atoms in total. The topological polar surface area (TPSA) is 79.5 Å². The van der Waals surface area contributed by atoms with E-state index < -0.39 is 11.9 Å². The summed E-state index contributed by atoms with van der Waals surface area (Å²) in [6.07, 6.45) is 1.38. The molecule has 0 aliphatic carbocycles. The van der Waals surface area contributed by atoms with Crippen molar-refractivity contribution >= 4 is 23.5 Å². The molecule has 1 aliphatic rings. The van der Waals surface area contributed by atoms with E-state index in [2.05, 4.69) is 0 Å². The zero-order chi connectivity index (χ0) is 15.1. The number of aromatic carboxylic acids is 2. The van der Waals surface area contributed by atoms with Gasteiger partial charge in [-0.1, -0.05) is 23.7 Å². The van der Waals surface area contributed by atoms with Crippen LogP contribution in [0.25, 0.3) is 11.3 Å². The number of hydrogen-bond donors (Lipinski definition) is 2. The molecule has 0 unspecified atom stereocenters. The summed E-state index contributed by atoms with van der Waals surface area (Å²) in [7, 11) is 0. The first-order valence-corrected chi connectivity index (χ1v) is 6.86. The van der Waals surface area contributed by atoms with Gasteiger partial charge in [0.2, 0.25) is 0 Å². The Morgan fingerprint density at radius 1 is 1.14 bits per heavy atom. The molecule has 3 rings (SSSR count). The molecule has 0 bridgehead atoms. The minimum Gasteiger partial charge on any atom is -0.478 e. The van der Waals surface area contributed by atoms with Crippen molar-refractivity contribution < 1.29 is 19.8 Å². The zero-order valence-electron chi connectivity index (χ0n) is 11.0. The lowest BCUT2D eigenvalue weighted by molar-refractivity contribution is 0.0652. The molecule has 1 aromatic carbocycles. The summed E-state index contributed by atoms with van der Waals surface area (Å²) < 4.78 is 1.79. The van der Waals surface area contributed by atoms with Crippen molar-refractivity contribution in [3.8, 4) is 11.3 Å². The fourth-order valence-electron chi connectivity index (χ4n) is 2.95. The van der Waals surface area contributed by atoms with Gasteiger partial charge in [-0.05, 0) is 25.0 Å². The van der Waals surface area contributed by atoms with Crippen LogP contribution in [0.15, 0.2) is 24.3 Å². The van der Waals surface area contributed by atoms with Crippen molar-refractivity contribution in [3.63, 3.8) is 0 Å². The number of fused-ring (bicyclic) bond motifs is 1. The maximum atomic E-state index is 11.6. The lowest BCUT2D eigenvalue weighted by Gasteiger charge is -2.08. The van der Waals surface area contributed by atoms with Gasteiger partial charge in [-0.3, -0.25) is 0 Å². The number of carboxylic acids is 2. The lowest BCUT2D eigenvalue weighted by atomic mass is 10.0. The van der Waals surface area contributed by atoms with Crippen molar-refractivity contribution in [2.75, 3.05) is 0 Å². The molecule has 2 aromatic rings. The van der Waals surface area contributed by atoms with Crippen molar-refractivity contribution in [2.24, 2.45) is 0 Å². The van der Waals surface area contributed by atoms with Gasteiger partial charge >= 0.3 is 11.9 Å². The van der Waals surface area contributed by atoms with Gasteiger partial charge in [0.15, 0.2) is 0 Å². The Morgan fingerprint density at radius 2 is 1.86 bits per heavy atom. The van der Waals surface area contributed by atoms with Crippen LogP contribution in [0, 0.1) is 0 Å². The Kier molecular flexibility index (Phi) is 3.22. The SMILES string of the molecule is O=C(O)c1c(C(=O)O)c(-c2cccc(Cl)c2)n2c1CCC2. The van der Waals surface area contributed by atoms with Gasteiger partial charge in [0, 0.05) is 22.8 Å². The highest BCUT2D eigenvalue weighted by Crippen LogP contribution is 2.36. The molecular formula is C15H12ClNO4. The minimum atomic E-state index is -1.23. The molecule has 0 atom stereocenters. The van der Waals surface area contributed by atoms with Crippen LogP contribution in [0.3, 0.4) is 0 Å². The molecule has 1 aromatic heterocycles. The number of halogens is 1. The van der Waals surface area contributed by atoms with Gasteiger partial charge in [0.25, 0.3) is 0 Å². The fourth-order valence-corrected chi connectivity index (χ4v) is 3.14. The third-order valence-electron chi connectivity index (χ3n) is 3.69. The second-order valence-corrected chi connectivity index (χ2v) is 5.36. The lowest BCUT2D eigenvalue weighted by Crippen LogP contribution is -2.08. The number of benzene rings is 1. The largest absolute Gasteiger partial charge is 0.478 e. The quantitative estimate of drug-likeness (QED) is 0.913. The first-order chi connectivity index (χ1) is 10.0. The van der Waals surface area contributed by atoms with Crippen molar-refractivity contribution in [2.45, 2.75) is 19.4 Å². The first kappa shape index (κ1) is 13.7. The van der Waals surface area contributed by atoms with Crippen LogP contribution in [-0.4, -0.2) is 26.7 Å². The summed E-state index contributed by atoms with van der Waals surface area (Å²) in [5, 5.41) is 19.3. The number of rotatable bonds is 3. The Hall–Kier alpha value is -2.27. The van der Waals surface area contributed by atoms with E-state index in [4.69, 9.17) is 11.6 Å². The van der Waals surface area contributed by atoms with Gasteiger partial charge in [0.1, 0.15) is 0 Å². The highest BCUT2D eigenvalue weighted by Gasteiger charge is 2.33. The monoisotopic (exact) mass is 305 g/mol. The third kappa shape index (κ3) is 2.10. The van der Waals surface area contributed by atoms with Crippen LogP contribution >= 0.6 is 11.6 Å². The Balaban J connectivity index is 2.37. The predicted octanol–water partition coefficient (Wildman–Crippen LogP) is 3.15. The third-order valence-corrected chi connectivity index (χ3v) is 3.93. The van der Waals surface area contributed by atoms with E-state index >= 15 is 0 Å². The summed E-state index contributed by atoms with van der Waals surface area (Å²) in [5.41, 5.74) is 1.37. The van der Waals surface area contributed by atoms with E-state index in [1.165, 1.54) is 0 Å². The molecule has 0 saturated heterocycles. The number of carbonyl (C=O) groups is 2. The summed E-state index contributed by atoms with van der Waals surface area (Å²) in [6, 6.07) is 6.81. The van der Waals surface area contributed by atoms with Crippen molar-refractivity contribution in [3.05, 3.63) is 46.1 Å². The summed E-state index contributed by atoms with van der Waals surface area (Å²) in [4.78, 5) is 23.1. The molecule has 0 spiro atoms. The van der Waals surface area contributed by atoms with Gasteiger partial charge in [-0.2, -0.15) is 0 Å². The Morgan fingerprint density at radius 3 is 2.48 bits per heavy atom. The smallest absolute Gasteiger partial charge is 0.338 e. The Labute approximate surface area is 125 Å². The average molecular weight is 306 g/mol. The van der Waals surface area contributed by atoms with Gasteiger partial charge in [-0.15, -0.1) is 0 Å². The van der Waals surface area contributed by atoms with Crippen molar-refractivity contribution in [1.82, 2.24) is 4.57 Å². The van der Waals surface area contributed by atoms with E-state index in [0.717, 1.165) is 6.42 Å². The first-order valence-electron chi connectivity index (χ1n) is 6.48. The van der Waals surface area contributed by atoms with Crippen molar-refractivity contribution in [1.29, 1.82) is 0 Å². The highest BCUT2D eigenvalue weighted by atomic mass is 35.5. The summed E-state index contributed by atoms with van der Waals surface area (Å²) in [5.74, 6) is -2.43. The Bertz CT molecular complexity index is 763. The van der Waals surface area contributed by atoms with Crippen LogP contribution < -0.4 is 0 Å². The zero-order valence-corrected chi connectivity index (χ0v) is 11.7. The second kappa shape index (κ2) is 4.93. The molecule has 1 aliphatic heterocycles. The molecule has 108 valence electrons. The van der Waals surface area contributed by atoms with E-state index in [1.54, 1.807) is 28.8 Å². The van der Waals surface area contributed by atoms with E-state index in [1.807, 2.05) is 0 Å². The van der Waals surface area contributed by atoms with Gasteiger partial charge in [-0.25, -0.2) is 9.59 Å². The molecule has 2 heterocycles. The standard InChI is InChI=1S/C15H12ClNO4/c16-9-4-1-3-8(7-9)13-12(15(20)21)11(14(18)19)10-5-2-6-17(10)13/h1,3-4,7H,2,5-6H2,(H,18,19)(H,20,21). The van der Waals surface area contributed by atoms with Gasteiger partial charge in [0.05, 0.1) is 16.8 Å². The molecule has 0 radical (unpaired) electrons. The van der Waals surface area contributed by atoms with Crippen LogP contribution in [0.4, 0.5) is 0 Å². The van der Waals surface area contributed by atoms with E-state index in [0.29, 0.717) is 34.9 Å². The van der Waals surface area contributed by atoms with E-state index in [-0.39, 0.29) is 11.1 Å². The summed E-state index contributed by atoms with van der Waals surface area (Å²) in [6.45, 7) is 0.616. The maximum Gasteiger partial charge on any atom is 0.338 e. The molecule has 2 N–H and O–H groups in total. The van der Waals surface area contributed by atoms with Crippen LogP contribution in [0.1, 0.15) is 32.8 Å². The molecule has 21 heavy (non-hydrogen) atoms. The fraction of sp³-hybridized carbons (Fsp3) is 0.200. The number of carboxylic acid groups (broad SMARTS) is 2.